The summed E-state index contributed by atoms with van der Waals surface area (Å²) in [6.45, 7) is 10.3. The molecule has 1 aromatic carbocycles. The average Bonchev–Trinajstić information content (AvgIpc) is 2.34. The van der Waals surface area contributed by atoms with Crippen LogP contribution in [0.4, 0.5) is 0 Å². The van der Waals surface area contributed by atoms with E-state index in [0.717, 1.165) is 5.56 Å². The smallest absolute Gasteiger partial charge is 0.333 e. The number of hydrogen-bond donors (Lipinski definition) is 2. The van der Waals surface area contributed by atoms with Crippen LogP contribution >= 0.6 is 0 Å². The normalized spacial score (nSPS) is 15.7. The zero-order valence-electron chi connectivity index (χ0n) is 12.9. The van der Waals surface area contributed by atoms with E-state index in [9.17, 15) is 9.90 Å². The van der Waals surface area contributed by atoms with Gasteiger partial charge in [0.25, 0.3) is 0 Å². The van der Waals surface area contributed by atoms with Crippen molar-refractivity contribution in [3.63, 3.8) is 0 Å². The fourth-order valence-corrected chi connectivity index (χ4v) is 2.86. The van der Waals surface area contributed by atoms with E-state index in [1.165, 1.54) is 0 Å². The van der Waals surface area contributed by atoms with Gasteiger partial charge in [0.1, 0.15) is 0 Å². The van der Waals surface area contributed by atoms with Crippen LogP contribution in [0.5, 0.6) is 0 Å². The van der Waals surface area contributed by atoms with E-state index < -0.39 is 26.4 Å². The largest absolute Gasteiger partial charge is 0.479 e. The van der Waals surface area contributed by atoms with E-state index in [-0.39, 0.29) is 5.04 Å². The number of benzene rings is 1. The van der Waals surface area contributed by atoms with Crippen LogP contribution in [0.3, 0.4) is 0 Å². The summed E-state index contributed by atoms with van der Waals surface area (Å²) in [6, 6.07) is 8.56. The predicted octanol–water partition coefficient (Wildman–Crippen LogP) is 3.16. The van der Waals surface area contributed by atoms with E-state index in [1.807, 2.05) is 43.4 Å². The highest BCUT2D eigenvalue weighted by molar-refractivity contribution is 6.74. The molecule has 0 aromatic heterocycles. The molecule has 0 aliphatic carbocycles. The maximum absolute atomic E-state index is 11.5. The molecule has 0 amide bonds. The second-order valence-corrected chi connectivity index (χ2v) is 11.3. The highest BCUT2D eigenvalue weighted by Crippen LogP contribution is 2.38. The summed E-state index contributed by atoms with van der Waals surface area (Å²) in [4.78, 5) is 11.5. The molecule has 4 nitrogen and oxygen atoms in total. The monoisotopic (exact) mass is 295 g/mol. The summed E-state index contributed by atoms with van der Waals surface area (Å²) >= 11 is 0. The number of rotatable bonds is 5. The van der Waals surface area contributed by atoms with Crippen molar-refractivity contribution in [2.45, 2.75) is 51.0 Å². The van der Waals surface area contributed by atoms with Crippen molar-refractivity contribution < 1.29 is 14.3 Å². The molecule has 0 radical (unpaired) electrons. The average molecular weight is 295 g/mol. The second-order valence-electron chi connectivity index (χ2n) is 6.57. The van der Waals surface area contributed by atoms with E-state index in [2.05, 4.69) is 20.8 Å². The van der Waals surface area contributed by atoms with E-state index in [1.54, 1.807) is 0 Å². The van der Waals surface area contributed by atoms with E-state index in [4.69, 9.17) is 10.2 Å². The summed E-state index contributed by atoms with van der Waals surface area (Å²) in [5.74, 6) is -1.01. The van der Waals surface area contributed by atoms with Crippen molar-refractivity contribution in [3.05, 3.63) is 35.9 Å². The van der Waals surface area contributed by atoms with Crippen molar-refractivity contribution >= 4 is 14.3 Å². The Morgan fingerprint density at radius 2 is 1.75 bits per heavy atom. The van der Waals surface area contributed by atoms with Crippen LogP contribution in [-0.2, 0) is 9.22 Å². The molecule has 20 heavy (non-hydrogen) atoms. The Morgan fingerprint density at radius 1 is 1.25 bits per heavy atom. The number of hydrogen-bond acceptors (Lipinski definition) is 3. The number of nitrogens with two attached hydrogens (primary N) is 1. The fourth-order valence-electron chi connectivity index (χ4n) is 1.62. The summed E-state index contributed by atoms with van der Waals surface area (Å²) < 4.78 is 5.99. The predicted molar refractivity (Wildman–Crippen MR) is 83.1 cm³/mol. The van der Waals surface area contributed by atoms with Gasteiger partial charge >= 0.3 is 5.97 Å². The third-order valence-corrected chi connectivity index (χ3v) is 8.44. The zero-order chi connectivity index (χ0) is 15.6. The van der Waals surface area contributed by atoms with Crippen molar-refractivity contribution in [1.82, 2.24) is 0 Å². The van der Waals surface area contributed by atoms with Gasteiger partial charge < -0.3 is 15.3 Å². The van der Waals surface area contributed by atoms with Gasteiger partial charge in [0, 0.05) is 0 Å². The number of carboxylic acid groups (broad SMARTS) is 1. The van der Waals surface area contributed by atoms with E-state index in [0.29, 0.717) is 0 Å². The molecule has 0 bridgehead atoms. The lowest BCUT2D eigenvalue weighted by atomic mass is 10.0. The summed E-state index contributed by atoms with van der Waals surface area (Å²) in [6.07, 6.45) is -1.02. The first-order chi connectivity index (χ1) is 9.06. The van der Waals surface area contributed by atoms with Gasteiger partial charge in [0.05, 0.1) is 6.04 Å². The summed E-state index contributed by atoms with van der Waals surface area (Å²) in [5, 5.41) is 9.39. The Balaban J connectivity index is 2.99. The molecule has 0 aliphatic rings. The third kappa shape index (κ3) is 3.91. The van der Waals surface area contributed by atoms with Gasteiger partial charge in [0.15, 0.2) is 14.4 Å². The van der Waals surface area contributed by atoms with Crippen LogP contribution in [0, 0.1) is 0 Å². The second kappa shape index (κ2) is 6.07. The molecule has 2 atom stereocenters. The van der Waals surface area contributed by atoms with Crippen LogP contribution in [0.2, 0.25) is 18.1 Å². The number of carboxylic acids is 1. The number of carbonyl (C=O) groups is 1. The highest BCUT2D eigenvalue weighted by atomic mass is 28.4. The standard InChI is InChI=1S/C15H25NO3Si/c1-15(2,3)20(4,5)19-13(14(17)18)12(16)11-9-7-6-8-10-11/h6-10,12-13H,16H2,1-5H3,(H,17,18)/t12-,13-/m1/s1. The highest BCUT2D eigenvalue weighted by Gasteiger charge is 2.42. The first-order valence-corrected chi connectivity index (χ1v) is 9.68. The van der Waals surface area contributed by atoms with Crippen molar-refractivity contribution in [3.8, 4) is 0 Å². The molecule has 0 heterocycles. The van der Waals surface area contributed by atoms with Crippen molar-refractivity contribution in [2.24, 2.45) is 5.73 Å². The molecule has 1 aromatic rings. The minimum atomic E-state index is -2.19. The van der Waals surface area contributed by atoms with Gasteiger partial charge in [-0.05, 0) is 23.7 Å². The SMILES string of the molecule is CC(C)(C)[Si](C)(C)O[C@@H](C(=O)O)[C@H](N)c1ccccc1. The summed E-state index contributed by atoms with van der Waals surface area (Å²) in [7, 11) is -2.19. The Morgan fingerprint density at radius 3 is 2.15 bits per heavy atom. The topological polar surface area (TPSA) is 72.5 Å². The lowest BCUT2D eigenvalue weighted by Gasteiger charge is -2.39. The molecule has 0 fully saturated rings. The molecule has 0 aliphatic heterocycles. The van der Waals surface area contributed by atoms with Gasteiger partial charge in [-0.2, -0.15) is 0 Å². The molecule has 0 unspecified atom stereocenters. The van der Waals surface area contributed by atoms with Crippen LogP contribution in [0.15, 0.2) is 30.3 Å². The summed E-state index contributed by atoms with van der Waals surface area (Å²) in [5.41, 5.74) is 6.88. The number of aliphatic carboxylic acids is 1. The minimum Gasteiger partial charge on any atom is -0.479 e. The van der Waals surface area contributed by atoms with Gasteiger partial charge in [-0.1, -0.05) is 51.1 Å². The fraction of sp³-hybridized carbons (Fsp3) is 0.533. The Labute approximate surface area is 122 Å². The molecule has 0 saturated carbocycles. The van der Waals surface area contributed by atoms with Gasteiger partial charge in [-0.3, -0.25) is 0 Å². The van der Waals surface area contributed by atoms with Gasteiger partial charge in [0.2, 0.25) is 0 Å². The Bertz CT molecular complexity index is 454. The Kier molecular flexibility index (Phi) is 5.13. The van der Waals surface area contributed by atoms with Crippen LogP contribution in [-0.4, -0.2) is 25.5 Å². The molecular formula is C15H25NO3Si. The molecule has 0 spiro atoms. The maximum atomic E-state index is 11.5. The first-order valence-electron chi connectivity index (χ1n) is 6.77. The zero-order valence-corrected chi connectivity index (χ0v) is 13.9. The minimum absolute atomic E-state index is 0.0584. The molecule has 112 valence electrons. The Hall–Kier alpha value is -1.17. The third-order valence-electron chi connectivity index (χ3n) is 3.98. The van der Waals surface area contributed by atoms with E-state index >= 15 is 0 Å². The van der Waals surface area contributed by atoms with Crippen LogP contribution < -0.4 is 5.73 Å². The molecule has 3 N–H and O–H groups in total. The molecule has 0 saturated heterocycles. The molecule has 5 heteroatoms. The van der Waals surface area contributed by atoms with Crippen LogP contribution in [0.25, 0.3) is 0 Å². The van der Waals surface area contributed by atoms with Gasteiger partial charge in [-0.25, -0.2) is 4.79 Å². The lowest BCUT2D eigenvalue weighted by Crippen LogP contribution is -2.49. The van der Waals surface area contributed by atoms with Crippen molar-refractivity contribution in [1.29, 1.82) is 0 Å². The quantitative estimate of drug-likeness (QED) is 0.818. The molecule has 1 rings (SSSR count). The van der Waals surface area contributed by atoms with Crippen molar-refractivity contribution in [2.75, 3.05) is 0 Å². The van der Waals surface area contributed by atoms with Gasteiger partial charge in [-0.15, -0.1) is 0 Å². The lowest BCUT2D eigenvalue weighted by molar-refractivity contribution is -0.146. The maximum Gasteiger partial charge on any atom is 0.333 e. The van der Waals surface area contributed by atoms with Crippen LogP contribution in [0.1, 0.15) is 32.4 Å². The first kappa shape index (κ1) is 16.9. The molecular weight excluding hydrogens is 270 g/mol.